The van der Waals surface area contributed by atoms with Gasteiger partial charge in [0.05, 0.1) is 12.2 Å². The van der Waals surface area contributed by atoms with Crippen molar-refractivity contribution in [2.45, 2.75) is 51.9 Å². The highest BCUT2D eigenvalue weighted by Crippen LogP contribution is 2.29. The molecule has 0 saturated carbocycles. The second-order valence-electron chi connectivity index (χ2n) is 5.51. The summed E-state index contributed by atoms with van der Waals surface area (Å²) >= 11 is 0. The van der Waals surface area contributed by atoms with Crippen molar-refractivity contribution >= 4 is 14.0 Å². The zero-order valence-corrected chi connectivity index (χ0v) is 10.1. The highest BCUT2D eigenvalue weighted by molar-refractivity contribution is 7.10. The van der Waals surface area contributed by atoms with E-state index in [0.29, 0.717) is 6.61 Å². The van der Waals surface area contributed by atoms with Gasteiger partial charge in [0.1, 0.15) is 6.10 Å². The largest absolute Gasteiger partial charge is 0.709 e. The summed E-state index contributed by atoms with van der Waals surface area (Å²) in [7, 11) is -0.624. The lowest BCUT2D eigenvalue weighted by Crippen LogP contribution is -2.44. The molecule has 2 fully saturated rings. The zero-order chi connectivity index (χ0) is 11.3. The van der Waals surface area contributed by atoms with Gasteiger partial charge in [-0.1, -0.05) is 0 Å². The van der Waals surface area contributed by atoms with Gasteiger partial charge in [-0.15, -0.1) is 0 Å². The second kappa shape index (κ2) is 3.48. The third-order valence-corrected chi connectivity index (χ3v) is 3.06. The Morgan fingerprint density at radius 1 is 1.27 bits per heavy atom. The average Bonchev–Trinajstić information content (AvgIpc) is 2.54. The molecule has 2 aliphatic rings. The van der Waals surface area contributed by atoms with Crippen molar-refractivity contribution in [1.82, 2.24) is 0 Å². The predicted molar refractivity (Wildman–Crippen MR) is 59.5 cm³/mol. The summed E-state index contributed by atoms with van der Waals surface area (Å²) in [6.45, 7) is 10.8. The van der Waals surface area contributed by atoms with Crippen LogP contribution in [0.4, 0.5) is 0 Å². The van der Waals surface area contributed by atoms with Crippen LogP contribution in [0, 0.1) is 0 Å². The molecule has 0 aromatic heterocycles. The van der Waals surface area contributed by atoms with Gasteiger partial charge in [-0.3, -0.25) is 0 Å². The molecule has 0 aromatic rings. The standard InChI is InChI=1S/C9H18B2O4/c1-7-9(4,5)15-11(13-7)10-12-6-8(2,3)14-10/h7H,6H2,1-5H3/p+1. The molecule has 2 saturated heterocycles. The van der Waals surface area contributed by atoms with Crippen LogP contribution in [0.15, 0.2) is 0 Å². The van der Waals surface area contributed by atoms with Crippen molar-refractivity contribution in [2.24, 2.45) is 0 Å². The van der Waals surface area contributed by atoms with Crippen molar-refractivity contribution in [1.29, 1.82) is 0 Å². The normalized spacial score (nSPS) is 33.8. The molecule has 1 atom stereocenters. The van der Waals surface area contributed by atoms with Crippen LogP contribution in [0.5, 0.6) is 0 Å². The summed E-state index contributed by atoms with van der Waals surface area (Å²) in [5.41, 5.74) is -0.371. The van der Waals surface area contributed by atoms with E-state index in [9.17, 15) is 0 Å². The lowest BCUT2D eigenvalue weighted by Gasteiger charge is -2.18. The Morgan fingerprint density at radius 2 is 1.93 bits per heavy atom. The third kappa shape index (κ3) is 2.23. The van der Waals surface area contributed by atoms with Crippen molar-refractivity contribution in [2.75, 3.05) is 6.61 Å². The molecule has 2 aliphatic heterocycles. The first-order valence-electron chi connectivity index (χ1n) is 5.47. The Morgan fingerprint density at radius 3 is 2.33 bits per heavy atom. The van der Waals surface area contributed by atoms with Gasteiger partial charge in [0.2, 0.25) is 0 Å². The Kier molecular flexibility index (Phi) is 2.66. The topological polar surface area (TPSA) is 40.5 Å². The average molecular weight is 213 g/mol. The molecule has 0 spiro atoms. The first-order chi connectivity index (χ1) is 6.80. The van der Waals surface area contributed by atoms with Crippen molar-refractivity contribution in [3.05, 3.63) is 0 Å². The Labute approximate surface area is 91.9 Å². The van der Waals surface area contributed by atoms with E-state index in [-0.39, 0.29) is 31.3 Å². The van der Waals surface area contributed by atoms with E-state index in [1.165, 1.54) is 0 Å². The molecule has 0 aromatic carbocycles. The van der Waals surface area contributed by atoms with E-state index in [0.717, 1.165) is 0 Å². The van der Waals surface area contributed by atoms with Gasteiger partial charge in [-0.05, 0) is 20.8 Å². The molecule has 15 heavy (non-hydrogen) atoms. The summed E-state index contributed by atoms with van der Waals surface area (Å²) < 4.78 is 21.6. The predicted octanol–water partition coefficient (Wildman–Crippen LogP) is 0.592. The molecule has 6 heteroatoms. The van der Waals surface area contributed by atoms with Crippen LogP contribution in [0.1, 0.15) is 34.6 Å². The van der Waals surface area contributed by atoms with Crippen LogP contribution in [0.3, 0.4) is 0 Å². The van der Waals surface area contributed by atoms with Gasteiger partial charge in [0, 0.05) is 13.8 Å². The maximum absolute atomic E-state index is 5.74. The van der Waals surface area contributed by atoms with Crippen LogP contribution in [-0.2, 0) is 14.0 Å². The molecule has 1 unspecified atom stereocenters. The highest BCUT2D eigenvalue weighted by atomic mass is 16.7. The Balaban J connectivity index is 1.98. The third-order valence-electron chi connectivity index (χ3n) is 3.06. The first kappa shape index (κ1) is 11.5. The summed E-state index contributed by atoms with van der Waals surface area (Å²) in [5, 5.41) is 0. The fourth-order valence-electron chi connectivity index (χ4n) is 1.77. The monoisotopic (exact) mass is 213 g/mol. The van der Waals surface area contributed by atoms with E-state index >= 15 is 0 Å². The SMILES string of the molecule is CC1OB(B2OCC(C)(C)O2)[OH+]C1(C)C. The minimum absolute atomic E-state index is 0.110. The highest BCUT2D eigenvalue weighted by Gasteiger charge is 2.64. The molecule has 0 aliphatic carbocycles. The smallest absolute Gasteiger partial charge is 0.513 e. The Hall–Kier alpha value is -0.0301. The molecule has 0 amide bonds. The minimum atomic E-state index is -0.343. The van der Waals surface area contributed by atoms with Crippen molar-refractivity contribution in [3.8, 4) is 0 Å². The molecule has 1 N–H and O–H groups in total. The maximum atomic E-state index is 5.74. The first-order valence-corrected chi connectivity index (χ1v) is 5.47. The van der Waals surface area contributed by atoms with E-state index in [1.54, 1.807) is 0 Å². The van der Waals surface area contributed by atoms with Crippen LogP contribution in [0.2, 0.25) is 0 Å². The maximum Gasteiger partial charge on any atom is 0.709 e. The summed E-state index contributed by atoms with van der Waals surface area (Å²) in [5.74, 6) is 0. The zero-order valence-electron chi connectivity index (χ0n) is 10.1. The van der Waals surface area contributed by atoms with E-state index < -0.39 is 0 Å². The Bertz CT molecular complexity index is 256. The lowest BCUT2D eigenvalue weighted by atomic mass is 9.49. The minimum Gasteiger partial charge on any atom is -0.513 e. The number of hydrogen-bond acceptors (Lipinski definition) is 3. The lowest BCUT2D eigenvalue weighted by molar-refractivity contribution is -0.0265. The van der Waals surface area contributed by atoms with Gasteiger partial charge in [-0.2, -0.15) is 0 Å². The molecule has 0 radical (unpaired) electrons. The molecule has 0 bridgehead atoms. The van der Waals surface area contributed by atoms with Crippen LogP contribution >= 0.6 is 0 Å². The van der Waals surface area contributed by atoms with Crippen LogP contribution in [0.25, 0.3) is 0 Å². The number of hydrogen-bond donors (Lipinski definition) is 0. The number of aliphatic hydroxyl groups is 1. The van der Waals surface area contributed by atoms with E-state index in [4.69, 9.17) is 14.0 Å². The number of rotatable bonds is 1. The van der Waals surface area contributed by atoms with Crippen molar-refractivity contribution < 1.29 is 18.6 Å². The summed E-state index contributed by atoms with van der Waals surface area (Å²) in [6, 6.07) is 0. The molecule has 2 heterocycles. The van der Waals surface area contributed by atoms with Gasteiger partial charge < -0.3 is 18.6 Å². The van der Waals surface area contributed by atoms with Crippen LogP contribution < -0.4 is 0 Å². The molecule has 4 nitrogen and oxygen atoms in total. The van der Waals surface area contributed by atoms with Gasteiger partial charge >= 0.3 is 14.0 Å². The van der Waals surface area contributed by atoms with E-state index in [1.807, 2.05) is 20.8 Å². The molecule has 84 valence electrons. The van der Waals surface area contributed by atoms with Gasteiger partial charge in [-0.25, -0.2) is 0 Å². The molecular weight excluding hydrogens is 194 g/mol. The second-order valence-corrected chi connectivity index (χ2v) is 5.51. The molecular formula is C9H19B2O4+. The van der Waals surface area contributed by atoms with Gasteiger partial charge in [0.15, 0.2) is 5.60 Å². The summed E-state index contributed by atoms with van der Waals surface area (Å²) in [6.07, 6.45) is 0.110. The quantitative estimate of drug-likeness (QED) is 0.472. The summed E-state index contributed by atoms with van der Waals surface area (Å²) in [4.78, 5) is 0. The molecule has 2 rings (SSSR count). The van der Waals surface area contributed by atoms with E-state index in [2.05, 4.69) is 18.5 Å². The fraction of sp³-hybridized carbons (Fsp3) is 1.00. The van der Waals surface area contributed by atoms with Crippen molar-refractivity contribution in [3.63, 3.8) is 0 Å². The fourth-order valence-corrected chi connectivity index (χ4v) is 1.77. The van der Waals surface area contributed by atoms with Gasteiger partial charge in [0.25, 0.3) is 0 Å². The van der Waals surface area contributed by atoms with Crippen LogP contribution in [-0.4, -0.2) is 42.6 Å².